The maximum absolute atomic E-state index is 11.2. The second kappa shape index (κ2) is 4.80. The van der Waals surface area contributed by atoms with Crippen molar-refractivity contribution in [2.24, 2.45) is 12.8 Å². The van der Waals surface area contributed by atoms with Gasteiger partial charge in [0.05, 0.1) is 23.3 Å². The lowest BCUT2D eigenvalue weighted by Crippen LogP contribution is -2.48. The third-order valence-corrected chi connectivity index (χ3v) is 4.46. The van der Waals surface area contributed by atoms with Crippen molar-refractivity contribution < 1.29 is 4.79 Å². The van der Waals surface area contributed by atoms with Gasteiger partial charge < -0.3 is 15.2 Å². The van der Waals surface area contributed by atoms with Gasteiger partial charge in [-0.2, -0.15) is 5.10 Å². The summed E-state index contributed by atoms with van der Waals surface area (Å²) in [5, 5.41) is 4.22. The van der Waals surface area contributed by atoms with Crippen LogP contribution in [-0.4, -0.2) is 43.3 Å². The molecule has 0 bridgehead atoms. The van der Waals surface area contributed by atoms with Gasteiger partial charge in [-0.25, -0.2) is 9.97 Å². The molecule has 4 rings (SSSR count). The fraction of sp³-hybridized carbons (Fsp3) is 0.333. The molecule has 0 radical (unpaired) electrons. The summed E-state index contributed by atoms with van der Waals surface area (Å²) in [4.78, 5) is 22.1. The fourth-order valence-corrected chi connectivity index (χ4v) is 2.97. The molecule has 0 aliphatic carbocycles. The van der Waals surface area contributed by atoms with Crippen molar-refractivity contribution in [3.8, 4) is 0 Å². The molecule has 1 fully saturated rings. The highest BCUT2D eigenvalue weighted by Gasteiger charge is 2.32. The van der Waals surface area contributed by atoms with E-state index in [1.807, 2.05) is 7.05 Å². The van der Waals surface area contributed by atoms with E-state index in [0.29, 0.717) is 5.56 Å². The minimum atomic E-state index is -0.454. The zero-order valence-electron chi connectivity index (χ0n) is 13.0. The predicted octanol–water partition coefficient (Wildman–Crippen LogP) is 0.633. The molecule has 0 unspecified atom stereocenters. The summed E-state index contributed by atoms with van der Waals surface area (Å²) in [7, 11) is 2.02. The molecule has 0 aromatic carbocycles. The number of aromatic nitrogens is 5. The first kappa shape index (κ1) is 13.7. The first-order valence-electron chi connectivity index (χ1n) is 7.40. The van der Waals surface area contributed by atoms with Crippen molar-refractivity contribution in [2.75, 3.05) is 18.0 Å². The van der Waals surface area contributed by atoms with Crippen LogP contribution < -0.4 is 10.6 Å². The average molecular weight is 311 g/mol. The molecular weight excluding hydrogens is 294 g/mol. The van der Waals surface area contributed by atoms with Gasteiger partial charge in [-0.1, -0.05) is 0 Å². The Morgan fingerprint density at radius 3 is 2.83 bits per heavy atom. The Labute approximate surface area is 132 Å². The largest absolute Gasteiger partial charge is 0.366 e. The number of primary amides is 1. The molecule has 1 aliphatic heterocycles. The van der Waals surface area contributed by atoms with E-state index in [0.717, 1.165) is 35.6 Å². The molecule has 2 N–H and O–H groups in total. The molecule has 0 spiro atoms. The molecule has 23 heavy (non-hydrogen) atoms. The van der Waals surface area contributed by atoms with Crippen molar-refractivity contribution in [3.05, 3.63) is 36.0 Å². The highest BCUT2D eigenvalue weighted by molar-refractivity contribution is 5.92. The van der Waals surface area contributed by atoms with Crippen LogP contribution in [0.15, 0.2) is 24.8 Å². The Kier molecular flexibility index (Phi) is 2.87. The summed E-state index contributed by atoms with van der Waals surface area (Å²) < 4.78 is 3.91. The van der Waals surface area contributed by atoms with Crippen LogP contribution in [0.25, 0.3) is 11.0 Å². The van der Waals surface area contributed by atoms with E-state index in [1.165, 1.54) is 6.20 Å². The first-order valence-corrected chi connectivity index (χ1v) is 7.40. The van der Waals surface area contributed by atoms with Gasteiger partial charge in [0.25, 0.3) is 5.91 Å². The van der Waals surface area contributed by atoms with Crippen molar-refractivity contribution in [1.29, 1.82) is 0 Å². The van der Waals surface area contributed by atoms with Crippen LogP contribution in [0.5, 0.6) is 0 Å². The Balaban J connectivity index is 1.59. The van der Waals surface area contributed by atoms with E-state index < -0.39 is 5.91 Å². The Morgan fingerprint density at radius 2 is 2.13 bits per heavy atom. The monoisotopic (exact) mass is 311 g/mol. The molecular formula is C15H17N7O. The summed E-state index contributed by atoms with van der Waals surface area (Å²) in [6.07, 6.45) is 4.81. The number of nitrogens with zero attached hydrogens (tertiary/aromatic N) is 6. The van der Waals surface area contributed by atoms with Gasteiger partial charge in [0.15, 0.2) is 5.82 Å². The second-order valence-electron chi connectivity index (χ2n) is 5.91. The van der Waals surface area contributed by atoms with Crippen LogP contribution in [-0.2, 0) is 7.05 Å². The summed E-state index contributed by atoms with van der Waals surface area (Å²) in [5.74, 6) is 0.480. The average Bonchev–Trinajstić information content (AvgIpc) is 3.05. The molecule has 1 aliphatic rings. The van der Waals surface area contributed by atoms with Crippen molar-refractivity contribution in [2.45, 2.75) is 13.0 Å². The van der Waals surface area contributed by atoms with E-state index in [2.05, 4.69) is 37.5 Å². The second-order valence-corrected chi connectivity index (χ2v) is 5.91. The van der Waals surface area contributed by atoms with E-state index in [1.54, 1.807) is 17.2 Å². The Morgan fingerprint density at radius 1 is 1.35 bits per heavy atom. The fourth-order valence-electron chi connectivity index (χ4n) is 2.97. The lowest BCUT2D eigenvalue weighted by Gasteiger charge is -2.40. The van der Waals surface area contributed by atoms with Crippen molar-refractivity contribution in [1.82, 2.24) is 24.3 Å². The third kappa shape index (κ3) is 2.06. The van der Waals surface area contributed by atoms with Crippen LogP contribution >= 0.6 is 0 Å². The molecule has 4 heterocycles. The van der Waals surface area contributed by atoms with Gasteiger partial charge in [-0.15, -0.1) is 0 Å². The number of anilines is 1. The van der Waals surface area contributed by atoms with Crippen LogP contribution in [0.1, 0.15) is 22.1 Å². The molecule has 0 saturated carbocycles. The van der Waals surface area contributed by atoms with E-state index >= 15 is 0 Å². The minimum absolute atomic E-state index is 0.217. The number of carbonyl (C=O) groups is 1. The van der Waals surface area contributed by atoms with E-state index in [-0.39, 0.29) is 6.04 Å². The van der Waals surface area contributed by atoms with Gasteiger partial charge in [-0.05, 0) is 13.0 Å². The highest BCUT2D eigenvalue weighted by atomic mass is 16.1. The van der Waals surface area contributed by atoms with E-state index in [9.17, 15) is 4.79 Å². The SMILES string of the molecule is Cc1cc2ncnc(N3CC(n4cc(C(N)=O)cn4)C3)c2n1C. The van der Waals surface area contributed by atoms with Gasteiger partial charge in [0.1, 0.15) is 11.8 Å². The first-order chi connectivity index (χ1) is 11.0. The van der Waals surface area contributed by atoms with Gasteiger partial charge in [-0.3, -0.25) is 9.48 Å². The lowest BCUT2D eigenvalue weighted by atomic mass is 10.1. The minimum Gasteiger partial charge on any atom is -0.366 e. The number of rotatable bonds is 3. The van der Waals surface area contributed by atoms with Crippen LogP contribution in [0.3, 0.4) is 0 Å². The van der Waals surface area contributed by atoms with Crippen LogP contribution in [0.4, 0.5) is 5.82 Å². The van der Waals surface area contributed by atoms with Crippen molar-refractivity contribution in [3.63, 3.8) is 0 Å². The quantitative estimate of drug-likeness (QED) is 0.765. The molecule has 118 valence electrons. The number of hydrogen-bond donors (Lipinski definition) is 1. The molecule has 3 aromatic heterocycles. The van der Waals surface area contributed by atoms with E-state index in [4.69, 9.17) is 5.73 Å². The summed E-state index contributed by atoms with van der Waals surface area (Å²) in [6, 6.07) is 2.28. The summed E-state index contributed by atoms with van der Waals surface area (Å²) in [5.41, 5.74) is 8.85. The number of nitrogens with two attached hydrogens (primary N) is 1. The smallest absolute Gasteiger partial charge is 0.251 e. The number of aryl methyl sites for hydroxylation is 2. The standard InChI is InChI=1S/C15H17N7O/c1-9-3-12-13(20(9)2)15(18-8-17-12)21-6-11(7-21)22-5-10(4-19-22)14(16)23/h3-5,8,11H,6-7H2,1-2H3,(H2,16,23). The maximum atomic E-state index is 11.2. The zero-order chi connectivity index (χ0) is 16.1. The molecule has 0 atom stereocenters. The highest BCUT2D eigenvalue weighted by Crippen LogP contribution is 2.31. The van der Waals surface area contributed by atoms with Crippen molar-refractivity contribution >= 4 is 22.8 Å². The number of fused-ring (bicyclic) bond motifs is 1. The normalized spacial score (nSPS) is 15.1. The molecule has 8 heteroatoms. The molecule has 8 nitrogen and oxygen atoms in total. The topological polar surface area (TPSA) is 94.9 Å². The van der Waals surface area contributed by atoms with Gasteiger partial charge in [0, 0.05) is 32.0 Å². The molecule has 1 saturated heterocycles. The summed E-state index contributed by atoms with van der Waals surface area (Å²) in [6.45, 7) is 3.63. The number of amides is 1. The Hall–Kier alpha value is -2.90. The Bertz CT molecular complexity index is 904. The molecule has 1 amide bonds. The lowest BCUT2D eigenvalue weighted by molar-refractivity contribution is 0.1000. The number of hydrogen-bond acceptors (Lipinski definition) is 5. The molecule has 3 aromatic rings. The van der Waals surface area contributed by atoms with Gasteiger partial charge in [0.2, 0.25) is 0 Å². The van der Waals surface area contributed by atoms with Crippen LogP contribution in [0.2, 0.25) is 0 Å². The zero-order valence-corrected chi connectivity index (χ0v) is 13.0. The van der Waals surface area contributed by atoms with Crippen LogP contribution in [0, 0.1) is 6.92 Å². The summed E-state index contributed by atoms with van der Waals surface area (Å²) >= 11 is 0. The number of carbonyl (C=O) groups excluding carboxylic acids is 1. The maximum Gasteiger partial charge on any atom is 0.251 e. The van der Waals surface area contributed by atoms with Gasteiger partial charge >= 0.3 is 0 Å². The predicted molar refractivity (Wildman–Crippen MR) is 85.2 cm³/mol. The third-order valence-electron chi connectivity index (χ3n) is 4.46.